The summed E-state index contributed by atoms with van der Waals surface area (Å²) in [5.41, 5.74) is 0. The number of carboxylic acids is 2. The van der Waals surface area contributed by atoms with Gasteiger partial charge in [0.25, 0.3) is 10.1 Å². The molecule has 0 aliphatic heterocycles. The van der Waals surface area contributed by atoms with Crippen LogP contribution in [0.5, 0.6) is 0 Å². The minimum Gasteiger partial charge on any atom is -1.00 e. The summed E-state index contributed by atoms with van der Waals surface area (Å²) in [6.07, 6.45) is 19.7. The van der Waals surface area contributed by atoms with E-state index in [1.165, 1.54) is 57.8 Å². The maximum atomic E-state index is 12.3. The van der Waals surface area contributed by atoms with Crippen LogP contribution in [0.25, 0.3) is 0 Å². The number of hydrogen-bond donors (Lipinski definition) is 3. The van der Waals surface area contributed by atoms with E-state index < -0.39 is 32.7 Å². The van der Waals surface area contributed by atoms with E-state index in [0.29, 0.717) is 12.8 Å². The molecule has 0 aliphatic carbocycles. The molecule has 0 saturated carbocycles. The molecule has 0 aromatic heterocycles. The first-order valence-corrected chi connectivity index (χ1v) is 16.0. The van der Waals surface area contributed by atoms with Crippen molar-refractivity contribution in [3.63, 3.8) is 0 Å². The maximum absolute atomic E-state index is 12.3. The Morgan fingerprint density at radius 2 is 0.973 bits per heavy atom. The van der Waals surface area contributed by atoms with Gasteiger partial charge in [0.1, 0.15) is 0 Å². The molecule has 0 radical (unpaired) electrons. The van der Waals surface area contributed by atoms with E-state index in [-0.39, 0.29) is 72.1 Å². The smallest absolute Gasteiger partial charge is 1.00 e. The Kier molecular flexibility index (Phi) is 26.0. The van der Waals surface area contributed by atoms with Gasteiger partial charge in [0.15, 0.2) is 0 Å². The monoisotopic (exact) mass is 574 g/mol. The van der Waals surface area contributed by atoms with Crippen LogP contribution < -0.4 is 51.4 Å². The van der Waals surface area contributed by atoms with E-state index in [2.05, 4.69) is 13.8 Å². The third-order valence-electron chi connectivity index (χ3n) is 7.43. The summed E-state index contributed by atoms with van der Waals surface area (Å²) in [5.74, 6) is -4.91. The average Bonchev–Trinajstić information content (AvgIpc) is 2.80. The Morgan fingerprint density at radius 1 is 0.649 bits per heavy atom. The summed E-state index contributed by atoms with van der Waals surface area (Å²) < 4.78 is 31.9. The second kappa shape index (κ2) is 24.3. The van der Waals surface area contributed by atoms with E-state index in [9.17, 15) is 32.8 Å². The molecule has 9 heteroatoms. The van der Waals surface area contributed by atoms with Crippen molar-refractivity contribution >= 4 is 22.1 Å². The predicted octanol–water partition coefficient (Wildman–Crippen LogP) is 5.14. The van der Waals surface area contributed by atoms with Crippen LogP contribution in [0.2, 0.25) is 0 Å². The molecule has 0 heterocycles. The normalized spacial score (nSPS) is 14.0. The van der Waals surface area contributed by atoms with Crippen LogP contribution in [0.15, 0.2) is 0 Å². The Morgan fingerprint density at radius 3 is 1.27 bits per heavy atom. The van der Waals surface area contributed by atoms with Crippen LogP contribution in [0.4, 0.5) is 0 Å². The number of carboxylic acid groups (broad SMARTS) is 2. The standard InChI is InChI=1S/C28H54O7S.K.H/c1-3-5-7-9-11-13-15-17-19-21-23-25(26(29)30)28(27(31)32,36(33,34)35)24-22-20-18-16-14-12-10-8-6-4-2;;/h25H,3-24H2,1-2H3,(H,29,30)(H,31,32)(H,33,34,35);;/q;+1;-1. The van der Waals surface area contributed by atoms with E-state index in [1.807, 2.05) is 0 Å². The quantitative estimate of drug-likeness (QED) is 0.0741. The first-order chi connectivity index (χ1) is 17.1. The van der Waals surface area contributed by atoms with E-state index >= 15 is 0 Å². The first kappa shape index (κ1) is 39.6. The molecule has 0 aliphatic rings. The van der Waals surface area contributed by atoms with Gasteiger partial charge in [-0.2, -0.15) is 8.42 Å². The van der Waals surface area contributed by atoms with Crippen molar-refractivity contribution in [1.29, 1.82) is 0 Å². The van der Waals surface area contributed by atoms with Gasteiger partial charge < -0.3 is 11.6 Å². The SMILES string of the molecule is CCCCCCCCCCCCC(C(=O)O)C(CCCCCCCCCCCC)(C(=O)O)S(=O)(=O)O.[H-].[K+]. The van der Waals surface area contributed by atoms with Crippen LogP contribution in [-0.4, -0.2) is 39.9 Å². The zero-order valence-corrected chi connectivity index (χ0v) is 28.0. The second-order valence-corrected chi connectivity index (χ2v) is 12.1. The van der Waals surface area contributed by atoms with Crippen LogP contribution in [0.1, 0.15) is 157 Å². The van der Waals surface area contributed by atoms with Crippen molar-refractivity contribution in [2.45, 2.75) is 160 Å². The number of hydrogen-bond acceptors (Lipinski definition) is 4. The molecule has 0 fully saturated rings. The zero-order chi connectivity index (χ0) is 27.3. The van der Waals surface area contributed by atoms with Gasteiger partial charge in [-0.25, -0.2) is 0 Å². The Balaban J connectivity index is -0.00000612. The van der Waals surface area contributed by atoms with Crippen molar-refractivity contribution in [2.75, 3.05) is 0 Å². The Bertz CT molecular complexity index is 691. The molecule has 2 atom stereocenters. The van der Waals surface area contributed by atoms with Crippen molar-refractivity contribution in [3.05, 3.63) is 0 Å². The fourth-order valence-corrected chi connectivity index (χ4v) is 6.32. The summed E-state index contributed by atoms with van der Waals surface area (Å²) >= 11 is 0. The second-order valence-electron chi connectivity index (χ2n) is 10.5. The molecule has 2 unspecified atom stereocenters. The molecule has 37 heavy (non-hydrogen) atoms. The van der Waals surface area contributed by atoms with Crippen molar-refractivity contribution in [2.24, 2.45) is 5.92 Å². The third kappa shape index (κ3) is 17.0. The van der Waals surface area contributed by atoms with Crippen LogP contribution in [0, 0.1) is 5.92 Å². The zero-order valence-electron chi connectivity index (χ0n) is 25.0. The molecular formula is C28H55KO7S. The van der Waals surface area contributed by atoms with E-state index in [1.54, 1.807) is 0 Å². The first-order valence-electron chi connectivity index (χ1n) is 14.6. The largest absolute Gasteiger partial charge is 1.00 e. The number of unbranched alkanes of at least 4 members (excludes halogenated alkanes) is 18. The summed E-state index contributed by atoms with van der Waals surface area (Å²) in [4.78, 5) is 24.2. The minimum atomic E-state index is -5.12. The van der Waals surface area contributed by atoms with E-state index in [4.69, 9.17) is 0 Å². The molecule has 0 saturated heterocycles. The van der Waals surface area contributed by atoms with Gasteiger partial charge in [-0.3, -0.25) is 14.1 Å². The van der Waals surface area contributed by atoms with Gasteiger partial charge in [0.05, 0.1) is 5.92 Å². The Hall–Kier alpha value is 0.486. The molecular weight excluding hydrogens is 519 g/mol. The summed E-state index contributed by atoms with van der Waals surface area (Å²) in [6.45, 7) is 4.36. The maximum Gasteiger partial charge on any atom is 1.00 e. The molecule has 3 N–H and O–H groups in total. The van der Waals surface area contributed by atoms with Crippen molar-refractivity contribution in [1.82, 2.24) is 0 Å². The van der Waals surface area contributed by atoms with Crippen LogP contribution in [-0.2, 0) is 19.7 Å². The molecule has 0 amide bonds. The van der Waals surface area contributed by atoms with Gasteiger partial charge >= 0.3 is 63.3 Å². The van der Waals surface area contributed by atoms with Gasteiger partial charge in [-0.15, -0.1) is 0 Å². The Labute approximate surface area is 271 Å². The molecule has 0 bridgehead atoms. The van der Waals surface area contributed by atoms with E-state index in [0.717, 1.165) is 51.4 Å². The topological polar surface area (TPSA) is 129 Å². The molecule has 7 nitrogen and oxygen atoms in total. The van der Waals surface area contributed by atoms with Gasteiger partial charge in [0, 0.05) is 0 Å². The fourth-order valence-electron chi connectivity index (χ4n) is 5.12. The molecule has 0 rings (SSSR count). The molecule has 216 valence electrons. The third-order valence-corrected chi connectivity index (χ3v) is 9.02. The minimum absolute atomic E-state index is 0. The predicted molar refractivity (Wildman–Crippen MR) is 147 cm³/mol. The number of carbonyl (C=O) groups is 2. The summed E-state index contributed by atoms with van der Waals surface area (Å²) in [5, 5.41) is 19.7. The van der Waals surface area contributed by atoms with Gasteiger partial charge in [-0.05, 0) is 12.8 Å². The van der Waals surface area contributed by atoms with Crippen molar-refractivity contribution < 1.29 is 85.6 Å². The summed E-state index contributed by atoms with van der Waals surface area (Å²) in [6, 6.07) is 0. The fraction of sp³-hybridized carbons (Fsp3) is 0.929. The molecule has 0 aromatic carbocycles. The van der Waals surface area contributed by atoms with Crippen LogP contribution >= 0.6 is 0 Å². The summed E-state index contributed by atoms with van der Waals surface area (Å²) in [7, 11) is -5.12. The average molecular weight is 575 g/mol. The van der Waals surface area contributed by atoms with Crippen molar-refractivity contribution in [3.8, 4) is 0 Å². The van der Waals surface area contributed by atoms with Gasteiger partial charge in [-0.1, -0.05) is 142 Å². The van der Waals surface area contributed by atoms with Crippen LogP contribution in [0.3, 0.4) is 0 Å². The molecule has 0 spiro atoms. The number of rotatable bonds is 26. The molecule has 0 aromatic rings. The van der Waals surface area contributed by atoms with Gasteiger partial charge in [0.2, 0.25) is 4.75 Å². The number of aliphatic carboxylic acids is 2.